The molecule has 2 aliphatic rings. The Hall–Kier alpha value is -3.14. The quantitative estimate of drug-likeness (QED) is 0.344. The highest BCUT2D eigenvalue weighted by Gasteiger charge is 2.34. The van der Waals surface area contributed by atoms with Crippen molar-refractivity contribution >= 4 is 11.9 Å². The summed E-state index contributed by atoms with van der Waals surface area (Å²) in [4.78, 5) is 24.7. The average Bonchev–Trinajstić information content (AvgIpc) is 3.55. The molecule has 1 N–H and O–H groups in total. The number of carbonyl (C=O) groups excluding carboxylic acids is 1. The largest absolute Gasteiger partial charge is 0.475 e. The number of hydrogen-bond donors (Lipinski definition) is 1. The summed E-state index contributed by atoms with van der Waals surface area (Å²) in [6, 6.07) is 2.89. The van der Waals surface area contributed by atoms with Crippen LogP contribution in [0.15, 0.2) is 21.2 Å². The van der Waals surface area contributed by atoms with Gasteiger partial charge < -0.3 is 18.9 Å². The second kappa shape index (κ2) is 14.2. The van der Waals surface area contributed by atoms with E-state index in [0.29, 0.717) is 76.1 Å². The standard InChI is InChI=1S/C13H17F3N2O3.C12H15F3N2O3/c1-20-12(19)11-7-10(17-21-11)6-9-2-4-18(5-3-9)8-13(14,15)16;13-12(14,15)7-17-3-1-8(2-4-17)5-9-6-10(11(18)19)20-16-9/h7,9H,2-6,8H2,1H3;6,8H,1-5,7H2,(H,18,19). The first-order chi connectivity index (χ1) is 19.2. The van der Waals surface area contributed by atoms with Gasteiger partial charge in [0.1, 0.15) is 0 Å². The van der Waals surface area contributed by atoms with Crippen molar-refractivity contribution in [3.05, 3.63) is 35.0 Å². The fourth-order valence-corrected chi connectivity index (χ4v) is 4.91. The Bertz CT molecular complexity index is 1120. The fourth-order valence-electron chi connectivity index (χ4n) is 4.91. The molecule has 0 unspecified atom stereocenters. The summed E-state index contributed by atoms with van der Waals surface area (Å²) >= 11 is 0. The minimum absolute atomic E-state index is 0.0435. The molecule has 0 atom stereocenters. The summed E-state index contributed by atoms with van der Waals surface area (Å²) in [5.74, 6) is -1.47. The first kappa shape index (κ1) is 32.4. The van der Waals surface area contributed by atoms with Gasteiger partial charge >= 0.3 is 24.3 Å². The zero-order valence-electron chi connectivity index (χ0n) is 22.3. The summed E-state index contributed by atoms with van der Waals surface area (Å²) < 4.78 is 87.6. The van der Waals surface area contributed by atoms with Crippen LogP contribution >= 0.6 is 0 Å². The van der Waals surface area contributed by atoms with Gasteiger partial charge in [0.25, 0.3) is 0 Å². The number of ether oxygens (including phenoxy) is 1. The predicted molar refractivity (Wildman–Crippen MR) is 129 cm³/mol. The maximum atomic E-state index is 12.3. The third kappa shape index (κ3) is 11.3. The minimum atomic E-state index is -4.16. The third-order valence-corrected chi connectivity index (χ3v) is 6.93. The van der Waals surface area contributed by atoms with Crippen molar-refractivity contribution in [2.24, 2.45) is 11.8 Å². The van der Waals surface area contributed by atoms with Crippen LogP contribution in [-0.4, -0.2) is 95.9 Å². The van der Waals surface area contributed by atoms with Crippen molar-refractivity contribution in [1.82, 2.24) is 20.1 Å². The molecule has 0 bridgehead atoms. The number of piperidine rings is 2. The van der Waals surface area contributed by atoms with E-state index in [9.17, 15) is 35.9 Å². The van der Waals surface area contributed by atoms with Crippen LogP contribution in [0.25, 0.3) is 0 Å². The molecule has 0 aliphatic carbocycles. The van der Waals surface area contributed by atoms with Crippen LogP contribution in [0.3, 0.4) is 0 Å². The molecule has 16 heteroatoms. The maximum Gasteiger partial charge on any atom is 0.401 e. The van der Waals surface area contributed by atoms with E-state index in [4.69, 9.17) is 9.63 Å². The molecule has 0 saturated carbocycles. The molecule has 2 aliphatic heterocycles. The predicted octanol–water partition coefficient (Wildman–Crippen LogP) is 4.47. The Labute approximate surface area is 231 Å². The highest BCUT2D eigenvalue weighted by Crippen LogP contribution is 2.26. The van der Waals surface area contributed by atoms with E-state index in [-0.39, 0.29) is 23.4 Å². The Morgan fingerprint density at radius 1 is 0.829 bits per heavy atom. The molecule has 2 aromatic rings. The van der Waals surface area contributed by atoms with Gasteiger partial charge in [-0.25, -0.2) is 9.59 Å². The highest BCUT2D eigenvalue weighted by atomic mass is 19.4. The van der Waals surface area contributed by atoms with E-state index in [2.05, 4.69) is 19.6 Å². The topological polar surface area (TPSA) is 122 Å². The molecule has 0 aromatic carbocycles. The molecule has 230 valence electrons. The number of alkyl halides is 6. The number of hydrogen-bond acceptors (Lipinski definition) is 9. The molecule has 0 spiro atoms. The molecule has 2 fully saturated rings. The van der Waals surface area contributed by atoms with Crippen molar-refractivity contribution in [2.45, 2.75) is 50.9 Å². The number of aromatic carboxylic acids is 1. The zero-order valence-corrected chi connectivity index (χ0v) is 22.3. The number of carboxylic acid groups (broad SMARTS) is 1. The molecule has 2 saturated heterocycles. The Balaban J connectivity index is 0.000000226. The van der Waals surface area contributed by atoms with Crippen LogP contribution in [0.1, 0.15) is 58.2 Å². The van der Waals surface area contributed by atoms with E-state index in [0.717, 1.165) is 0 Å². The second-order valence-electron chi connectivity index (χ2n) is 10.2. The van der Waals surface area contributed by atoms with Crippen LogP contribution in [-0.2, 0) is 17.6 Å². The maximum absolute atomic E-state index is 12.3. The summed E-state index contributed by atoms with van der Waals surface area (Å²) in [7, 11) is 1.25. The Morgan fingerprint density at radius 3 is 1.56 bits per heavy atom. The number of methoxy groups -OCH3 is 1. The lowest BCUT2D eigenvalue weighted by Gasteiger charge is -2.31. The molecule has 10 nitrogen and oxygen atoms in total. The number of rotatable bonds is 8. The molecule has 0 radical (unpaired) electrons. The smallest absolute Gasteiger partial charge is 0.401 e. The van der Waals surface area contributed by atoms with Gasteiger partial charge in [0.15, 0.2) is 0 Å². The van der Waals surface area contributed by atoms with Crippen molar-refractivity contribution in [1.29, 1.82) is 0 Å². The molecular weight excluding hydrogens is 566 g/mol. The van der Waals surface area contributed by atoms with Crippen LogP contribution in [0, 0.1) is 11.8 Å². The normalized spacial score (nSPS) is 18.1. The van der Waals surface area contributed by atoms with Gasteiger partial charge in [-0.3, -0.25) is 9.80 Å². The van der Waals surface area contributed by atoms with Crippen LogP contribution in [0.5, 0.6) is 0 Å². The molecular formula is C25H32F6N4O6. The van der Waals surface area contributed by atoms with Crippen LogP contribution in [0.4, 0.5) is 26.3 Å². The average molecular weight is 599 g/mol. The van der Waals surface area contributed by atoms with E-state index < -0.39 is 37.4 Å². The summed E-state index contributed by atoms with van der Waals surface area (Å²) in [5, 5.41) is 16.1. The van der Waals surface area contributed by atoms with Gasteiger partial charge in [0, 0.05) is 12.1 Å². The molecule has 2 aromatic heterocycles. The molecule has 41 heavy (non-hydrogen) atoms. The molecule has 4 heterocycles. The Morgan fingerprint density at radius 2 is 1.22 bits per heavy atom. The lowest BCUT2D eigenvalue weighted by atomic mass is 9.92. The number of aromatic nitrogens is 2. The third-order valence-electron chi connectivity index (χ3n) is 6.93. The van der Waals surface area contributed by atoms with Gasteiger partial charge in [-0.2, -0.15) is 26.3 Å². The van der Waals surface area contributed by atoms with Gasteiger partial charge in [0.2, 0.25) is 11.5 Å². The van der Waals surface area contributed by atoms with Crippen molar-refractivity contribution in [3.8, 4) is 0 Å². The second-order valence-corrected chi connectivity index (χ2v) is 10.2. The number of carboxylic acids is 1. The summed E-state index contributed by atoms with van der Waals surface area (Å²) in [6.45, 7) is -0.0809. The fraction of sp³-hybridized carbons (Fsp3) is 0.680. The number of nitrogens with zero attached hydrogens (tertiary/aromatic N) is 4. The molecule has 0 amide bonds. The van der Waals surface area contributed by atoms with Crippen molar-refractivity contribution in [3.63, 3.8) is 0 Å². The molecule has 4 rings (SSSR count). The Kier molecular flexibility index (Phi) is 11.2. The van der Waals surface area contributed by atoms with Gasteiger partial charge in [-0.05, 0) is 76.5 Å². The van der Waals surface area contributed by atoms with E-state index in [1.165, 1.54) is 29.0 Å². The summed E-state index contributed by atoms with van der Waals surface area (Å²) in [5.41, 5.74) is 1.17. The number of esters is 1. The van der Waals surface area contributed by atoms with E-state index >= 15 is 0 Å². The van der Waals surface area contributed by atoms with Crippen molar-refractivity contribution < 1.29 is 54.8 Å². The highest BCUT2D eigenvalue weighted by molar-refractivity contribution is 5.86. The zero-order chi connectivity index (χ0) is 30.2. The lowest BCUT2D eigenvalue weighted by molar-refractivity contribution is -0.149. The van der Waals surface area contributed by atoms with Crippen molar-refractivity contribution in [2.75, 3.05) is 46.4 Å². The van der Waals surface area contributed by atoms with E-state index in [1.54, 1.807) is 0 Å². The van der Waals surface area contributed by atoms with Gasteiger partial charge in [-0.1, -0.05) is 10.3 Å². The van der Waals surface area contributed by atoms with E-state index in [1.807, 2.05) is 0 Å². The van der Waals surface area contributed by atoms with Gasteiger partial charge in [-0.15, -0.1) is 0 Å². The van der Waals surface area contributed by atoms with Crippen LogP contribution < -0.4 is 0 Å². The van der Waals surface area contributed by atoms with Gasteiger partial charge in [0.05, 0.1) is 31.6 Å². The first-order valence-corrected chi connectivity index (χ1v) is 13.0. The minimum Gasteiger partial charge on any atom is -0.475 e. The number of likely N-dealkylation sites (tertiary alicyclic amines) is 2. The monoisotopic (exact) mass is 598 g/mol. The summed E-state index contributed by atoms with van der Waals surface area (Å²) in [6.07, 6.45) is -4.52. The van der Waals surface area contributed by atoms with Crippen LogP contribution in [0.2, 0.25) is 0 Å². The first-order valence-electron chi connectivity index (χ1n) is 13.0. The number of halogens is 6. The SMILES string of the molecule is COC(=O)c1cc(CC2CCN(CC(F)(F)F)CC2)no1.O=C(O)c1cc(CC2CCN(CC(F)(F)F)CC2)no1. The number of carbonyl (C=O) groups is 2. The lowest BCUT2D eigenvalue weighted by Crippen LogP contribution is -2.40.